The molecule has 0 spiro atoms. The van der Waals surface area contributed by atoms with Crippen molar-refractivity contribution in [2.45, 2.75) is 26.2 Å². The molecule has 0 aromatic heterocycles. The average molecular weight is 244 g/mol. The molecule has 1 aromatic rings. The third-order valence-corrected chi connectivity index (χ3v) is 2.20. The van der Waals surface area contributed by atoms with Crippen molar-refractivity contribution in [3.63, 3.8) is 0 Å². The number of benzene rings is 1. The van der Waals surface area contributed by atoms with Crippen LogP contribution in [-0.4, -0.2) is 11.8 Å². The Morgan fingerprint density at radius 1 is 1.19 bits per heavy atom. The van der Waals surface area contributed by atoms with Crippen LogP contribution in [0.25, 0.3) is 0 Å². The maximum absolute atomic E-state index is 11.6. The molecule has 0 saturated carbocycles. The molecule has 0 fully saturated rings. The van der Waals surface area contributed by atoms with Gasteiger partial charge in [0.25, 0.3) is 0 Å². The largest absolute Gasteiger partial charge is 1.00 e. The normalized spacial score (nSPS) is 9.31. The van der Waals surface area contributed by atoms with Crippen LogP contribution in [0.4, 0.5) is 0 Å². The molecule has 80 valence electrons. The van der Waals surface area contributed by atoms with E-state index in [0.717, 1.165) is 12.8 Å². The van der Waals surface area contributed by atoms with Crippen molar-refractivity contribution in [1.29, 1.82) is 0 Å². The van der Waals surface area contributed by atoms with Gasteiger partial charge in [0.1, 0.15) is 0 Å². The van der Waals surface area contributed by atoms with Gasteiger partial charge in [0.05, 0.1) is 5.97 Å². The molecular weight excluding hydrogens is 231 g/mol. The molecule has 0 radical (unpaired) electrons. The van der Waals surface area contributed by atoms with Gasteiger partial charge in [0.2, 0.25) is 0 Å². The Morgan fingerprint density at radius 3 is 2.25 bits per heavy atom. The van der Waals surface area contributed by atoms with E-state index in [9.17, 15) is 14.7 Å². The minimum atomic E-state index is -1.30. The number of carbonyl (C=O) groups is 2. The third kappa shape index (κ3) is 4.47. The molecule has 0 unspecified atom stereocenters. The quantitative estimate of drug-likeness (QED) is 0.464. The molecule has 0 saturated heterocycles. The summed E-state index contributed by atoms with van der Waals surface area (Å²) >= 11 is 0. The van der Waals surface area contributed by atoms with Gasteiger partial charge in [-0.1, -0.05) is 37.6 Å². The van der Waals surface area contributed by atoms with E-state index in [-0.39, 0.29) is 68.3 Å². The number of hydrogen-bond acceptors (Lipinski definition) is 3. The van der Waals surface area contributed by atoms with E-state index in [1.807, 2.05) is 6.92 Å². The maximum atomic E-state index is 11.6. The second-order valence-electron chi connectivity index (χ2n) is 3.36. The molecule has 0 aliphatic heterocycles. The van der Waals surface area contributed by atoms with Crippen LogP contribution in [0.2, 0.25) is 0 Å². The Kier molecular flexibility index (Phi) is 8.14. The first-order valence-electron chi connectivity index (χ1n) is 5.00. The summed E-state index contributed by atoms with van der Waals surface area (Å²) in [5.41, 5.74) is 0.240. The predicted molar refractivity (Wildman–Crippen MR) is 54.6 cm³/mol. The molecule has 0 aliphatic rings. The van der Waals surface area contributed by atoms with Crippen LogP contribution in [-0.2, 0) is 0 Å². The number of aromatic carboxylic acids is 1. The summed E-state index contributed by atoms with van der Waals surface area (Å²) in [5.74, 6) is -1.42. The molecule has 0 amide bonds. The molecule has 0 aliphatic carbocycles. The summed E-state index contributed by atoms with van der Waals surface area (Å²) in [7, 11) is 0. The fourth-order valence-corrected chi connectivity index (χ4v) is 1.38. The van der Waals surface area contributed by atoms with Gasteiger partial charge >= 0.3 is 51.4 Å². The van der Waals surface area contributed by atoms with Crippen molar-refractivity contribution in [3.05, 3.63) is 35.4 Å². The first kappa shape index (κ1) is 16.0. The van der Waals surface area contributed by atoms with Crippen LogP contribution in [0.5, 0.6) is 0 Å². The van der Waals surface area contributed by atoms with E-state index >= 15 is 0 Å². The molecule has 0 atom stereocenters. The van der Waals surface area contributed by atoms with Crippen molar-refractivity contribution in [2.24, 2.45) is 0 Å². The topological polar surface area (TPSA) is 57.2 Å². The summed E-state index contributed by atoms with van der Waals surface area (Å²) in [4.78, 5) is 22.4. The van der Waals surface area contributed by atoms with Crippen molar-refractivity contribution >= 4 is 11.8 Å². The number of carboxylic acids is 1. The van der Waals surface area contributed by atoms with Gasteiger partial charge in [-0.15, -0.1) is 0 Å². The van der Waals surface area contributed by atoms with Crippen molar-refractivity contribution in [2.75, 3.05) is 0 Å². The summed E-state index contributed by atoms with van der Waals surface area (Å²) in [6, 6.07) is 6.17. The molecule has 0 heterocycles. The van der Waals surface area contributed by atoms with Crippen molar-refractivity contribution in [1.82, 2.24) is 0 Å². The van der Waals surface area contributed by atoms with Gasteiger partial charge in [-0.25, -0.2) is 0 Å². The van der Waals surface area contributed by atoms with E-state index in [1.54, 1.807) is 12.1 Å². The monoisotopic (exact) mass is 244 g/mol. The van der Waals surface area contributed by atoms with Gasteiger partial charge < -0.3 is 9.90 Å². The predicted octanol–water partition coefficient (Wildman–Crippen LogP) is -1.57. The number of carboxylic acid groups (broad SMARTS) is 1. The van der Waals surface area contributed by atoms with Gasteiger partial charge in [-0.2, -0.15) is 0 Å². The van der Waals surface area contributed by atoms with E-state index in [2.05, 4.69) is 0 Å². The van der Waals surface area contributed by atoms with E-state index in [0.29, 0.717) is 6.42 Å². The fraction of sp³-hybridized carbons (Fsp3) is 0.333. The first-order valence-corrected chi connectivity index (χ1v) is 5.00. The second-order valence-corrected chi connectivity index (χ2v) is 3.36. The Balaban J connectivity index is 0.00000225. The van der Waals surface area contributed by atoms with Gasteiger partial charge in [0, 0.05) is 17.5 Å². The van der Waals surface area contributed by atoms with Crippen LogP contribution < -0.4 is 56.5 Å². The number of Topliss-reactive ketones (excluding diaryl/α,β-unsaturated/α-hetero) is 1. The van der Waals surface area contributed by atoms with Gasteiger partial charge in [-0.3, -0.25) is 4.79 Å². The molecule has 16 heavy (non-hydrogen) atoms. The van der Waals surface area contributed by atoms with Gasteiger partial charge in [-0.05, 0) is 6.42 Å². The zero-order valence-electron chi connectivity index (χ0n) is 9.66. The van der Waals surface area contributed by atoms with E-state index in [1.165, 1.54) is 12.1 Å². The van der Waals surface area contributed by atoms with Gasteiger partial charge in [0.15, 0.2) is 5.78 Å². The summed E-state index contributed by atoms with van der Waals surface area (Å²) in [6.45, 7) is 1.98. The van der Waals surface area contributed by atoms with Crippen molar-refractivity contribution < 1.29 is 66.1 Å². The zero-order chi connectivity index (χ0) is 11.3. The van der Waals surface area contributed by atoms with E-state index in [4.69, 9.17) is 0 Å². The Morgan fingerprint density at radius 2 is 1.75 bits per heavy atom. The Labute approximate surface area is 138 Å². The van der Waals surface area contributed by atoms with Crippen LogP contribution in [0.3, 0.4) is 0 Å². The number of ketones is 1. The summed E-state index contributed by atoms with van der Waals surface area (Å²) in [5, 5.41) is 10.7. The molecule has 1 aromatic carbocycles. The van der Waals surface area contributed by atoms with Crippen LogP contribution in [0, 0.1) is 0 Å². The van der Waals surface area contributed by atoms with E-state index < -0.39 is 5.97 Å². The van der Waals surface area contributed by atoms with Crippen molar-refractivity contribution in [3.8, 4) is 0 Å². The molecule has 4 heteroatoms. The standard InChI is InChI=1S/C12H14O3.K/c1-2-3-8-11(13)9-6-4-5-7-10(9)12(14)15;/h4-7H,2-3,8H2,1H3,(H,14,15);/q;+1/p-1. The third-order valence-electron chi connectivity index (χ3n) is 2.20. The first-order chi connectivity index (χ1) is 7.16. The Hall–Kier alpha value is -0.00364. The average Bonchev–Trinajstić information content (AvgIpc) is 2.25. The number of unbranched alkanes of at least 4 members (excludes halogenated alkanes) is 1. The molecular formula is C12H13KO3. The number of rotatable bonds is 5. The minimum absolute atomic E-state index is 0. The number of carbonyl (C=O) groups excluding carboxylic acids is 2. The smallest absolute Gasteiger partial charge is 0.545 e. The molecule has 3 nitrogen and oxygen atoms in total. The summed E-state index contributed by atoms with van der Waals surface area (Å²) in [6.07, 6.45) is 2.08. The minimum Gasteiger partial charge on any atom is -0.545 e. The fourth-order valence-electron chi connectivity index (χ4n) is 1.38. The zero-order valence-corrected chi connectivity index (χ0v) is 12.8. The Bertz CT molecular complexity index is 374. The molecule has 1 rings (SSSR count). The molecule has 0 bridgehead atoms. The number of hydrogen-bond donors (Lipinski definition) is 0. The molecule has 0 N–H and O–H groups in total. The SMILES string of the molecule is CCCCC(=O)c1ccccc1C(=O)[O-].[K+]. The maximum Gasteiger partial charge on any atom is 1.00 e. The van der Waals surface area contributed by atoms with Crippen LogP contribution in [0.1, 0.15) is 46.9 Å². The second kappa shape index (κ2) is 8.14. The van der Waals surface area contributed by atoms with Crippen LogP contribution >= 0.6 is 0 Å². The van der Waals surface area contributed by atoms with Crippen LogP contribution in [0.15, 0.2) is 24.3 Å². The summed E-state index contributed by atoms with van der Waals surface area (Å²) < 4.78 is 0.